The van der Waals surface area contributed by atoms with Crippen LogP contribution in [-0.4, -0.2) is 34.7 Å². The van der Waals surface area contributed by atoms with Crippen LogP contribution in [0, 0.1) is 0 Å². The van der Waals surface area contributed by atoms with Crippen LogP contribution in [0.5, 0.6) is 0 Å². The average molecular weight is 238 g/mol. The predicted molar refractivity (Wildman–Crippen MR) is 60.0 cm³/mol. The van der Waals surface area contributed by atoms with Crippen molar-refractivity contribution in [2.45, 2.75) is 12.1 Å². The van der Waals surface area contributed by atoms with Gasteiger partial charge < -0.3 is 21.3 Å². The van der Waals surface area contributed by atoms with Gasteiger partial charge in [-0.3, -0.25) is 4.79 Å². The second-order valence-electron chi connectivity index (χ2n) is 3.49. The second-order valence-corrected chi connectivity index (χ2v) is 3.49. The van der Waals surface area contributed by atoms with Crippen LogP contribution >= 0.6 is 0 Å². The van der Waals surface area contributed by atoms with E-state index >= 15 is 0 Å². The number of hydrogen-bond acceptors (Lipinski definition) is 4. The molecule has 0 spiro atoms. The van der Waals surface area contributed by atoms with Gasteiger partial charge in [0.15, 0.2) is 6.10 Å². The fourth-order valence-electron chi connectivity index (χ4n) is 1.21. The Morgan fingerprint density at radius 3 is 2.41 bits per heavy atom. The summed E-state index contributed by atoms with van der Waals surface area (Å²) in [5, 5.41) is 19.7. The molecule has 0 heterocycles. The van der Waals surface area contributed by atoms with Gasteiger partial charge in [0.25, 0.3) is 0 Å². The highest BCUT2D eigenvalue weighted by atomic mass is 16.4. The van der Waals surface area contributed by atoms with Crippen LogP contribution in [0.1, 0.15) is 11.6 Å². The standard InChI is InChI=1S/C11H14N2O4/c12-9(7-4-2-1-3-5-7)10(15)13-6-8(14)11(16)17/h1-5,8-9,14H,6,12H2,(H,13,15)(H,16,17)/t8-,9?/m0/s1. The number of carbonyl (C=O) groups excluding carboxylic acids is 1. The number of carboxylic acid groups (broad SMARTS) is 1. The first-order valence-electron chi connectivity index (χ1n) is 5.01. The zero-order chi connectivity index (χ0) is 12.8. The Kier molecular flexibility index (Phi) is 4.62. The molecule has 0 aliphatic rings. The van der Waals surface area contributed by atoms with Crippen LogP contribution in [-0.2, 0) is 9.59 Å². The molecule has 17 heavy (non-hydrogen) atoms. The van der Waals surface area contributed by atoms with Crippen molar-refractivity contribution in [3.63, 3.8) is 0 Å². The number of carbonyl (C=O) groups is 2. The normalized spacial score (nSPS) is 13.8. The van der Waals surface area contributed by atoms with E-state index in [1.807, 2.05) is 0 Å². The molecule has 0 radical (unpaired) electrons. The number of nitrogens with one attached hydrogen (secondary N) is 1. The van der Waals surface area contributed by atoms with E-state index in [1.165, 1.54) is 0 Å². The smallest absolute Gasteiger partial charge is 0.334 e. The van der Waals surface area contributed by atoms with E-state index in [9.17, 15) is 9.59 Å². The summed E-state index contributed by atoms with van der Waals surface area (Å²) in [5.74, 6) is -1.92. The van der Waals surface area contributed by atoms with E-state index in [0.717, 1.165) is 0 Å². The summed E-state index contributed by atoms with van der Waals surface area (Å²) in [5.41, 5.74) is 6.28. The topological polar surface area (TPSA) is 113 Å². The predicted octanol–water partition coefficient (Wildman–Crippen LogP) is -0.752. The molecule has 1 aromatic rings. The van der Waals surface area contributed by atoms with Crippen LogP contribution in [0.3, 0.4) is 0 Å². The lowest BCUT2D eigenvalue weighted by molar-refractivity contribution is -0.146. The molecule has 2 atom stereocenters. The third kappa shape index (κ3) is 3.86. The summed E-state index contributed by atoms with van der Waals surface area (Å²) in [6, 6.07) is 7.79. The van der Waals surface area contributed by atoms with Crippen LogP contribution in [0.2, 0.25) is 0 Å². The summed E-state index contributed by atoms with van der Waals surface area (Å²) in [7, 11) is 0. The van der Waals surface area contributed by atoms with Gasteiger partial charge in [0, 0.05) is 0 Å². The molecule has 0 fully saturated rings. The molecule has 6 heteroatoms. The van der Waals surface area contributed by atoms with Crippen molar-refractivity contribution in [2.24, 2.45) is 5.73 Å². The number of amides is 1. The Bertz CT molecular complexity index is 394. The molecule has 1 unspecified atom stereocenters. The number of rotatable bonds is 5. The maximum atomic E-state index is 11.5. The molecular weight excluding hydrogens is 224 g/mol. The zero-order valence-corrected chi connectivity index (χ0v) is 9.04. The highest BCUT2D eigenvalue weighted by Gasteiger charge is 2.18. The van der Waals surface area contributed by atoms with E-state index in [1.54, 1.807) is 30.3 Å². The van der Waals surface area contributed by atoms with Crippen LogP contribution in [0.4, 0.5) is 0 Å². The zero-order valence-electron chi connectivity index (χ0n) is 9.04. The van der Waals surface area contributed by atoms with Crippen LogP contribution in [0.15, 0.2) is 30.3 Å². The molecule has 92 valence electrons. The molecule has 6 nitrogen and oxygen atoms in total. The highest BCUT2D eigenvalue weighted by molar-refractivity contribution is 5.83. The van der Waals surface area contributed by atoms with Crippen LogP contribution < -0.4 is 11.1 Å². The van der Waals surface area contributed by atoms with Crippen molar-refractivity contribution in [1.82, 2.24) is 5.32 Å². The summed E-state index contributed by atoms with van der Waals surface area (Å²) in [6.45, 7) is -0.366. The SMILES string of the molecule is NC(C(=O)NC[C@H](O)C(=O)O)c1ccccc1. The highest BCUT2D eigenvalue weighted by Crippen LogP contribution is 2.08. The molecule has 1 amide bonds. The molecule has 0 saturated heterocycles. The number of aliphatic carboxylic acids is 1. The van der Waals surface area contributed by atoms with E-state index < -0.39 is 24.0 Å². The molecular formula is C11H14N2O4. The monoisotopic (exact) mass is 238 g/mol. The van der Waals surface area contributed by atoms with Gasteiger partial charge in [-0.2, -0.15) is 0 Å². The van der Waals surface area contributed by atoms with Crippen LogP contribution in [0.25, 0.3) is 0 Å². The minimum atomic E-state index is -1.62. The lowest BCUT2D eigenvalue weighted by Gasteiger charge is -2.13. The Morgan fingerprint density at radius 1 is 1.29 bits per heavy atom. The van der Waals surface area contributed by atoms with Crippen molar-refractivity contribution in [2.75, 3.05) is 6.54 Å². The summed E-state index contributed by atoms with van der Waals surface area (Å²) in [6.07, 6.45) is -1.62. The molecule has 0 aliphatic carbocycles. The number of carboxylic acids is 1. The lowest BCUT2D eigenvalue weighted by Crippen LogP contribution is -2.40. The van der Waals surface area contributed by atoms with Crippen molar-refractivity contribution >= 4 is 11.9 Å². The van der Waals surface area contributed by atoms with Crippen molar-refractivity contribution in [3.05, 3.63) is 35.9 Å². The van der Waals surface area contributed by atoms with Gasteiger partial charge in [0.05, 0.1) is 6.54 Å². The Balaban J connectivity index is 2.51. The van der Waals surface area contributed by atoms with Crippen molar-refractivity contribution in [1.29, 1.82) is 0 Å². The van der Waals surface area contributed by atoms with Gasteiger partial charge in [0.2, 0.25) is 5.91 Å². The first-order valence-corrected chi connectivity index (χ1v) is 5.01. The van der Waals surface area contributed by atoms with E-state index in [2.05, 4.69) is 5.32 Å². The van der Waals surface area contributed by atoms with Crippen molar-refractivity contribution in [3.8, 4) is 0 Å². The van der Waals surface area contributed by atoms with Gasteiger partial charge in [-0.15, -0.1) is 0 Å². The molecule has 0 aromatic heterocycles. The number of hydrogen-bond donors (Lipinski definition) is 4. The third-order valence-electron chi connectivity index (χ3n) is 2.20. The Labute approximate surface area is 98.1 Å². The minimum Gasteiger partial charge on any atom is -0.479 e. The second kappa shape index (κ2) is 5.97. The van der Waals surface area contributed by atoms with E-state index in [0.29, 0.717) is 5.56 Å². The van der Waals surface area contributed by atoms with Gasteiger partial charge in [0.1, 0.15) is 6.04 Å². The lowest BCUT2D eigenvalue weighted by atomic mass is 10.1. The fourth-order valence-corrected chi connectivity index (χ4v) is 1.21. The molecule has 0 bridgehead atoms. The maximum absolute atomic E-state index is 11.5. The molecule has 5 N–H and O–H groups in total. The summed E-state index contributed by atoms with van der Waals surface area (Å²) >= 11 is 0. The number of aliphatic hydroxyl groups excluding tert-OH is 1. The summed E-state index contributed by atoms with van der Waals surface area (Å²) in [4.78, 5) is 21.8. The number of nitrogens with two attached hydrogens (primary N) is 1. The molecule has 1 aromatic carbocycles. The number of aliphatic hydroxyl groups is 1. The Hall–Kier alpha value is -1.92. The minimum absolute atomic E-state index is 0.366. The first kappa shape index (κ1) is 13.1. The molecule has 0 aliphatic heterocycles. The summed E-state index contributed by atoms with van der Waals surface area (Å²) < 4.78 is 0. The van der Waals surface area contributed by atoms with Gasteiger partial charge in [-0.25, -0.2) is 4.79 Å². The third-order valence-corrected chi connectivity index (χ3v) is 2.20. The Morgan fingerprint density at radius 2 is 1.88 bits per heavy atom. The van der Waals surface area contributed by atoms with Gasteiger partial charge >= 0.3 is 5.97 Å². The average Bonchev–Trinajstić information content (AvgIpc) is 2.35. The molecule has 1 rings (SSSR count). The van der Waals surface area contributed by atoms with Gasteiger partial charge in [-0.1, -0.05) is 30.3 Å². The first-order chi connectivity index (χ1) is 8.02. The fraction of sp³-hybridized carbons (Fsp3) is 0.273. The largest absolute Gasteiger partial charge is 0.479 e. The van der Waals surface area contributed by atoms with Gasteiger partial charge in [-0.05, 0) is 5.56 Å². The van der Waals surface area contributed by atoms with E-state index in [4.69, 9.17) is 15.9 Å². The maximum Gasteiger partial charge on any atom is 0.334 e. The molecule has 0 saturated carbocycles. The quantitative estimate of drug-likeness (QED) is 0.539. The van der Waals surface area contributed by atoms with Crippen molar-refractivity contribution < 1.29 is 19.8 Å². The number of benzene rings is 1. The van der Waals surface area contributed by atoms with E-state index in [-0.39, 0.29) is 6.54 Å².